The summed E-state index contributed by atoms with van der Waals surface area (Å²) >= 11 is 0. The van der Waals surface area contributed by atoms with E-state index in [9.17, 15) is 14.7 Å². The zero-order valence-corrected chi connectivity index (χ0v) is 30.4. The summed E-state index contributed by atoms with van der Waals surface area (Å²) in [6.45, 7) is 9.90. The van der Waals surface area contributed by atoms with Crippen LogP contribution in [0.1, 0.15) is 102 Å². The van der Waals surface area contributed by atoms with Crippen molar-refractivity contribution in [3.05, 3.63) is 65.9 Å². The fourth-order valence-electron chi connectivity index (χ4n) is 8.79. The van der Waals surface area contributed by atoms with Crippen molar-refractivity contribution in [2.75, 3.05) is 31.6 Å². The number of nitrogens with zero attached hydrogens (tertiary/aromatic N) is 5. The highest BCUT2D eigenvalue weighted by molar-refractivity contribution is 5.94. The van der Waals surface area contributed by atoms with Gasteiger partial charge in [-0.2, -0.15) is 0 Å². The van der Waals surface area contributed by atoms with Gasteiger partial charge in [0, 0.05) is 36.3 Å². The number of β-amino-alcohol motifs (C(OH)–C–C–N with tert-alkyl or cyclic N) is 1. The van der Waals surface area contributed by atoms with Gasteiger partial charge < -0.3 is 24.0 Å². The molecule has 2 bridgehead atoms. The third-order valence-electron chi connectivity index (χ3n) is 12.2. The van der Waals surface area contributed by atoms with Crippen molar-refractivity contribution in [2.45, 2.75) is 115 Å². The molecule has 5 fully saturated rings. The monoisotopic (exact) mass is 683 g/mol. The largest absolute Gasteiger partial charge is 0.496 e. The molecule has 5 aliphatic rings. The maximum absolute atomic E-state index is 14.6. The van der Waals surface area contributed by atoms with E-state index in [1.165, 1.54) is 16.0 Å². The molecule has 10 nitrogen and oxygen atoms in total. The van der Waals surface area contributed by atoms with E-state index in [-0.39, 0.29) is 40.3 Å². The van der Waals surface area contributed by atoms with E-state index in [1.54, 1.807) is 13.3 Å². The number of aromatic nitrogens is 3. The van der Waals surface area contributed by atoms with Crippen molar-refractivity contribution in [2.24, 2.45) is 11.3 Å². The summed E-state index contributed by atoms with van der Waals surface area (Å²) < 4.78 is 13.3. The van der Waals surface area contributed by atoms with Crippen LogP contribution in [0.5, 0.6) is 5.75 Å². The number of anilines is 1. The summed E-state index contributed by atoms with van der Waals surface area (Å²) in [5.41, 5.74) is 4.69. The van der Waals surface area contributed by atoms with Crippen molar-refractivity contribution < 1.29 is 24.2 Å². The molecule has 1 saturated heterocycles. The zero-order valence-electron chi connectivity index (χ0n) is 30.4. The van der Waals surface area contributed by atoms with Crippen LogP contribution in [-0.2, 0) is 20.4 Å². The van der Waals surface area contributed by atoms with Crippen LogP contribution in [0.25, 0.3) is 5.69 Å². The lowest BCUT2D eigenvalue weighted by Gasteiger charge is -2.55. The van der Waals surface area contributed by atoms with E-state index in [1.807, 2.05) is 27.9 Å². The van der Waals surface area contributed by atoms with Crippen LogP contribution in [0.15, 0.2) is 49.1 Å². The summed E-state index contributed by atoms with van der Waals surface area (Å²) in [6, 6.07) is 10.7. The number of imidazole rings is 1. The standard InChI is InChI=1S/C40H53N5O5/c1-27-20-29(8-11-33(27)49-5)40-16-13-39(14-17-40,15-18-40)25-45(35-21-30(12-19-41-35)44-24-34(42-26-44)38(2,3)4)36(47)28-6-9-32(10-7-28)50-37(48)43-22-31(46)23-43/h8,11-12,19-21,24,26,28,31-32,46H,6-7,9-10,13-18,22-23,25H2,1-5H3/t28-,32-,39?,40?. The highest BCUT2D eigenvalue weighted by Crippen LogP contribution is 2.58. The first-order valence-electron chi connectivity index (χ1n) is 18.5. The maximum atomic E-state index is 14.6. The van der Waals surface area contributed by atoms with Gasteiger partial charge in [-0.15, -0.1) is 0 Å². The molecule has 4 aliphatic carbocycles. The van der Waals surface area contributed by atoms with E-state index < -0.39 is 6.10 Å². The summed E-state index contributed by atoms with van der Waals surface area (Å²) in [5, 5.41) is 9.57. The number of likely N-dealkylation sites (tertiary alicyclic amines) is 1. The Balaban J connectivity index is 1.10. The van der Waals surface area contributed by atoms with E-state index in [4.69, 9.17) is 14.5 Å². The Morgan fingerprint density at radius 1 is 0.980 bits per heavy atom. The lowest BCUT2D eigenvalue weighted by molar-refractivity contribution is -0.124. The van der Waals surface area contributed by atoms with Crippen molar-refractivity contribution in [3.8, 4) is 11.4 Å². The predicted molar refractivity (Wildman–Crippen MR) is 192 cm³/mol. The average Bonchev–Trinajstić information content (AvgIpc) is 3.62. The number of pyridine rings is 1. The molecule has 0 unspecified atom stereocenters. The minimum atomic E-state index is -0.459. The van der Waals surface area contributed by atoms with Crippen molar-refractivity contribution in [1.29, 1.82) is 0 Å². The normalized spacial score (nSPS) is 26.7. The quantitative estimate of drug-likeness (QED) is 0.276. The van der Waals surface area contributed by atoms with Crippen LogP contribution in [0, 0.1) is 18.3 Å². The number of carbonyl (C=O) groups excluding carboxylic acids is 2. The lowest BCUT2D eigenvalue weighted by Crippen LogP contribution is -2.54. The molecule has 3 heterocycles. The van der Waals surface area contributed by atoms with Crippen LogP contribution in [0.4, 0.5) is 10.6 Å². The zero-order chi connectivity index (χ0) is 35.3. The maximum Gasteiger partial charge on any atom is 0.410 e. The number of aryl methyl sites for hydroxylation is 1. The molecule has 4 saturated carbocycles. The number of ether oxygens (including phenoxy) is 2. The molecule has 0 radical (unpaired) electrons. The first-order chi connectivity index (χ1) is 23.9. The number of rotatable bonds is 8. The number of aliphatic hydroxyl groups excluding tert-OH is 1. The third-order valence-corrected chi connectivity index (χ3v) is 12.2. The van der Waals surface area contributed by atoms with E-state index in [0.29, 0.717) is 51.1 Å². The first-order valence-corrected chi connectivity index (χ1v) is 18.5. The molecule has 1 N–H and O–H groups in total. The van der Waals surface area contributed by atoms with Crippen LogP contribution >= 0.6 is 0 Å². The van der Waals surface area contributed by atoms with Gasteiger partial charge >= 0.3 is 6.09 Å². The van der Waals surface area contributed by atoms with Crippen molar-refractivity contribution in [1.82, 2.24) is 19.4 Å². The van der Waals surface area contributed by atoms with Gasteiger partial charge in [-0.05, 0) is 105 Å². The molecule has 50 heavy (non-hydrogen) atoms. The first kappa shape index (κ1) is 34.5. The second kappa shape index (κ2) is 13.3. The Morgan fingerprint density at radius 3 is 2.28 bits per heavy atom. The Labute approximate surface area is 296 Å². The fourth-order valence-corrected chi connectivity index (χ4v) is 8.79. The molecular formula is C40H53N5O5. The number of aliphatic hydroxyl groups is 1. The summed E-state index contributed by atoms with van der Waals surface area (Å²) in [4.78, 5) is 40.2. The minimum absolute atomic E-state index is 0.0412. The predicted octanol–water partition coefficient (Wildman–Crippen LogP) is 6.88. The number of fused-ring (bicyclic) bond motifs is 3. The average molecular weight is 684 g/mol. The molecule has 0 atom stereocenters. The summed E-state index contributed by atoms with van der Waals surface area (Å²) in [5.74, 6) is 1.58. The van der Waals surface area contributed by atoms with E-state index in [0.717, 1.165) is 55.7 Å². The molecule has 268 valence electrons. The number of methoxy groups -OCH3 is 1. The van der Waals surface area contributed by atoms with Gasteiger partial charge in [0.1, 0.15) is 17.7 Å². The van der Waals surface area contributed by atoms with Gasteiger partial charge in [0.2, 0.25) is 5.91 Å². The molecule has 1 aliphatic heterocycles. The number of amides is 2. The molecule has 0 spiro atoms. The number of hydrogen-bond acceptors (Lipinski definition) is 7. The third kappa shape index (κ3) is 6.75. The van der Waals surface area contributed by atoms with Gasteiger partial charge in [-0.1, -0.05) is 32.9 Å². The number of hydrogen-bond donors (Lipinski definition) is 1. The highest BCUT2D eigenvalue weighted by atomic mass is 16.6. The number of benzene rings is 1. The van der Waals surface area contributed by atoms with Crippen molar-refractivity contribution in [3.63, 3.8) is 0 Å². The van der Waals surface area contributed by atoms with Crippen LogP contribution in [0.2, 0.25) is 0 Å². The van der Waals surface area contributed by atoms with Crippen LogP contribution in [0.3, 0.4) is 0 Å². The van der Waals surface area contributed by atoms with E-state index in [2.05, 4.69) is 57.1 Å². The molecule has 3 aromatic rings. The van der Waals surface area contributed by atoms with Crippen molar-refractivity contribution >= 4 is 17.8 Å². The second-order valence-electron chi connectivity index (χ2n) is 16.6. The minimum Gasteiger partial charge on any atom is -0.496 e. The van der Waals surface area contributed by atoms with Gasteiger partial charge in [-0.25, -0.2) is 14.8 Å². The Kier molecular flexibility index (Phi) is 9.20. The Morgan fingerprint density at radius 2 is 1.68 bits per heavy atom. The van der Waals surface area contributed by atoms with Gasteiger partial charge in [0.25, 0.3) is 0 Å². The van der Waals surface area contributed by atoms with Gasteiger partial charge in [0.15, 0.2) is 0 Å². The molecule has 2 aromatic heterocycles. The molecular weight excluding hydrogens is 630 g/mol. The van der Waals surface area contributed by atoms with Gasteiger partial charge in [0.05, 0.1) is 44.0 Å². The highest BCUT2D eigenvalue weighted by Gasteiger charge is 2.51. The Bertz CT molecular complexity index is 1690. The lowest BCUT2D eigenvalue weighted by atomic mass is 9.51. The fraction of sp³-hybridized carbons (Fsp3) is 0.600. The van der Waals surface area contributed by atoms with Crippen LogP contribution < -0.4 is 9.64 Å². The number of carbonyl (C=O) groups is 2. The van der Waals surface area contributed by atoms with Gasteiger partial charge in [-0.3, -0.25) is 9.69 Å². The van der Waals surface area contributed by atoms with E-state index >= 15 is 0 Å². The summed E-state index contributed by atoms with van der Waals surface area (Å²) in [7, 11) is 1.73. The topological polar surface area (TPSA) is 110 Å². The van der Waals surface area contributed by atoms with Crippen LogP contribution in [-0.4, -0.2) is 75.5 Å². The SMILES string of the molecule is COc1ccc(C23CCC(CN(c4cc(-n5cnc(C(C)(C)C)c5)ccn4)C(=O)[C@H]4CC[C@H](OC(=O)N5CC(O)C5)CC4)(CC2)CC3)cc1C. The molecule has 10 heteroatoms. The molecule has 2 amide bonds. The Hall–Kier alpha value is -3.92. The molecule has 8 rings (SSSR count). The second-order valence-corrected chi connectivity index (χ2v) is 16.6. The summed E-state index contributed by atoms with van der Waals surface area (Å²) in [6.07, 6.45) is 13.9. The molecule has 1 aromatic carbocycles. The smallest absolute Gasteiger partial charge is 0.410 e.